The molecule has 3 nitrogen and oxygen atoms in total. The Labute approximate surface area is 95.0 Å². The standard InChI is InChI=1S/C13H14N2O/c14-6-9-4-11(5-9)16-13-3-1-2-10-7-15-8-12(10)13/h1-3,9,11,15H,4-5,7-8H2. The zero-order valence-electron chi connectivity index (χ0n) is 9.07. The molecule has 3 heteroatoms. The van der Waals surface area contributed by atoms with Gasteiger partial charge in [0.1, 0.15) is 11.9 Å². The van der Waals surface area contributed by atoms with Crippen LogP contribution in [0.15, 0.2) is 18.2 Å². The summed E-state index contributed by atoms with van der Waals surface area (Å²) < 4.78 is 5.93. The molecule has 1 aromatic rings. The lowest BCUT2D eigenvalue weighted by Crippen LogP contribution is -2.33. The molecule has 1 aliphatic heterocycles. The fourth-order valence-electron chi connectivity index (χ4n) is 2.36. The Morgan fingerprint density at radius 2 is 2.19 bits per heavy atom. The molecule has 1 N–H and O–H groups in total. The second-order valence-electron chi connectivity index (χ2n) is 4.53. The monoisotopic (exact) mass is 214 g/mol. The molecule has 0 atom stereocenters. The number of hydrogen-bond donors (Lipinski definition) is 1. The molecule has 0 amide bonds. The van der Waals surface area contributed by atoms with E-state index in [1.54, 1.807) is 0 Å². The van der Waals surface area contributed by atoms with Gasteiger partial charge in [-0.1, -0.05) is 12.1 Å². The quantitative estimate of drug-likeness (QED) is 0.818. The van der Waals surface area contributed by atoms with E-state index in [4.69, 9.17) is 10.00 Å². The van der Waals surface area contributed by atoms with Crippen LogP contribution in [0.4, 0.5) is 0 Å². The van der Waals surface area contributed by atoms with Gasteiger partial charge in [0.25, 0.3) is 0 Å². The highest BCUT2D eigenvalue weighted by molar-refractivity contribution is 5.42. The van der Waals surface area contributed by atoms with Gasteiger partial charge in [-0.2, -0.15) is 5.26 Å². The minimum atomic E-state index is 0.208. The Balaban J connectivity index is 1.72. The highest BCUT2D eigenvalue weighted by atomic mass is 16.5. The number of nitrogens with zero attached hydrogens (tertiary/aromatic N) is 1. The molecule has 1 aromatic carbocycles. The summed E-state index contributed by atoms with van der Waals surface area (Å²) in [7, 11) is 0. The van der Waals surface area contributed by atoms with Crippen molar-refractivity contribution in [2.24, 2.45) is 5.92 Å². The smallest absolute Gasteiger partial charge is 0.124 e. The van der Waals surface area contributed by atoms with E-state index < -0.39 is 0 Å². The van der Waals surface area contributed by atoms with Crippen molar-refractivity contribution < 1.29 is 4.74 Å². The molecule has 1 saturated carbocycles. The largest absolute Gasteiger partial charge is 0.490 e. The molecule has 82 valence electrons. The molecule has 0 radical (unpaired) electrons. The van der Waals surface area contributed by atoms with E-state index in [9.17, 15) is 0 Å². The van der Waals surface area contributed by atoms with Gasteiger partial charge in [0.05, 0.1) is 12.0 Å². The molecular formula is C13H14N2O. The van der Waals surface area contributed by atoms with Gasteiger partial charge in [0, 0.05) is 31.5 Å². The van der Waals surface area contributed by atoms with Crippen molar-refractivity contribution in [2.75, 3.05) is 0 Å². The van der Waals surface area contributed by atoms with Crippen LogP contribution in [0.25, 0.3) is 0 Å². The molecule has 0 unspecified atom stereocenters. The summed E-state index contributed by atoms with van der Waals surface area (Å²) in [4.78, 5) is 0. The van der Waals surface area contributed by atoms with Crippen molar-refractivity contribution in [1.82, 2.24) is 5.32 Å². The molecule has 0 saturated heterocycles. The van der Waals surface area contributed by atoms with Crippen LogP contribution in [-0.2, 0) is 13.1 Å². The van der Waals surface area contributed by atoms with E-state index in [0.29, 0.717) is 0 Å². The first kappa shape index (κ1) is 9.68. The third-order valence-corrected chi connectivity index (χ3v) is 3.42. The van der Waals surface area contributed by atoms with Gasteiger partial charge in [-0.3, -0.25) is 0 Å². The number of nitriles is 1. The normalized spacial score (nSPS) is 26.7. The molecule has 1 heterocycles. The fraction of sp³-hybridized carbons (Fsp3) is 0.462. The number of ether oxygens (including phenoxy) is 1. The van der Waals surface area contributed by atoms with Crippen molar-refractivity contribution >= 4 is 0 Å². The highest BCUT2D eigenvalue weighted by Gasteiger charge is 2.31. The van der Waals surface area contributed by atoms with Gasteiger partial charge in [0.15, 0.2) is 0 Å². The van der Waals surface area contributed by atoms with Gasteiger partial charge in [0.2, 0.25) is 0 Å². The maximum Gasteiger partial charge on any atom is 0.124 e. The van der Waals surface area contributed by atoms with E-state index in [1.165, 1.54) is 11.1 Å². The van der Waals surface area contributed by atoms with E-state index in [0.717, 1.165) is 31.7 Å². The van der Waals surface area contributed by atoms with Crippen LogP contribution in [0.5, 0.6) is 5.75 Å². The Bertz CT molecular complexity index is 444. The predicted molar refractivity (Wildman–Crippen MR) is 59.7 cm³/mol. The van der Waals surface area contributed by atoms with Crippen LogP contribution in [0.1, 0.15) is 24.0 Å². The second kappa shape index (κ2) is 3.80. The molecule has 2 aliphatic rings. The molecule has 1 aliphatic carbocycles. The van der Waals surface area contributed by atoms with Crippen LogP contribution in [0, 0.1) is 17.2 Å². The van der Waals surface area contributed by atoms with Crippen LogP contribution in [0.2, 0.25) is 0 Å². The molecule has 0 spiro atoms. The molecular weight excluding hydrogens is 200 g/mol. The maximum absolute atomic E-state index is 8.71. The minimum Gasteiger partial charge on any atom is -0.490 e. The van der Waals surface area contributed by atoms with Gasteiger partial charge >= 0.3 is 0 Å². The first-order chi connectivity index (χ1) is 7.86. The Morgan fingerprint density at radius 1 is 1.31 bits per heavy atom. The lowest BCUT2D eigenvalue weighted by molar-refractivity contribution is 0.0883. The number of hydrogen-bond acceptors (Lipinski definition) is 3. The zero-order valence-corrected chi connectivity index (χ0v) is 9.07. The average molecular weight is 214 g/mol. The van der Waals surface area contributed by atoms with E-state index >= 15 is 0 Å². The van der Waals surface area contributed by atoms with Gasteiger partial charge in [-0.25, -0.2) is 0 Å². The van der Waals surface area contributed by atoms with Crippen LogP contribution in [0.3, 0.4) is 0 Å². The topological polar surface area (TPSA) is 45.0 Å². The summed E-state index contributed by atoms with van der Waals surface area (Å²) in [5.41, 5.74) is 2.64. The minimum absolute atomic E-state index is 0.208. The first-order valence-electron chi connectivity index (χ1n) is 5.74. The number of benzene rings is 1. The second-order valence-corrected chi connectivity index (χ2v) is 4.53. The maximum atomic E-state index is 8.71. The number of fused-ring (bicyclic) bond motifs is 1. The molecule has 0 aromatic heterocycles. The SMILES string of the molecule is N#CC1CC(Oc2cccc3c2CNC3)C1. The van der Waals surface area contributed by atoms with E-state index in [1.807, 2.05) is 12.1 Å². The first-order valence-corrected chi connectivity index (χ1v) is 5.74. The predicted octanol–water partition coefficient (Wildman–Crippen LogP) is 1.97. The van der Waals surface area contributed by atoms with Crippen LogP contribution >= 0.6 is 0 Å². The highest BCUT2D eigenvalue weighted by Crippen LogP contribution is 2.34. The lowest BCUT2D eigenvalue weighted by atomic mass is 9.83. The van der Waals surface area contributed by atoms with Gasteiger partial charge in [-0.15, -0.1) is 0 Å². The van der Waals surface area contributed by atoms with Gasteiger partial charge < -0.3 is 10.1 Å². The lowest BCUT2D eigenvalue weighted by Gasteiger charge is -2.31. The average Bonchev–Trinajstić information content (AvgIpc) is 2.71. The summed E-state index contributed by atoms with van der Waals surface area (Å²) in [6, 6.07) is 8.49. The van der Waals surface area contributed by atoms with Gasteiger partial charge in [-0.05, 0) is 11.6 Å². The third kappa shape index (κ3) is 1.56. The summed E-state index contributed by atoms with van der Waals surface area (Å²) >= 11 is 0. The summed E-state index contributed by atoms with van der Waals surface area (Å²) in [5, 5.41) is 12.0. The Hall–Kier alpha value is -1.53. The van der Waals surface area contributed by atoms with Crippen molar-refractivity contribution in [3.05, 3.63) is 29.3 Å². The third-order valence-electron chi connectivity index (χ3n) is 3.42. The Morgan fingerprint density at radius 3 is 3.00 bits per heavy atom. The Kier molecular flexibility index (Phi) is 2.30. The van der Waals surface area contributed by atoms with E-state index in [-0.39, 0.29) is 12.0 Å². The summed E-state index contributed by atoms with van der Waals surface area (Å²) in [6.45, 7) is 1.85. The molecule has 16 heavy (non-hydrogen) atoms. The van der Waals surface area contributed by atoms with Crippen molar-refractivity contribution in [3.8, 4) is 11.8 Å². The van der Waals surface area contributed by atoms with Crippen LogP contribution in [-0.4, -0.2) is 6.10 Å². The van der Waals surface area contributed by atoms with Crippen molar-refractivity contribution in [1.29, 1.82) is 5.26 Å². The van der Waals surface area contributed by atoms with Crippen molar-refractivity contribution in [3.63, 3.8) is 0 Å². The zero-order chi connectivity index (χ0) is 11.0. The number of rotatable bonds is 2. The summed E-state index contributed by atoms with van der Waals surface area (Å²) in [6.07, 6.45) is 2.01. The van der Waals surface area contributed by atoms with Crippen molar-refractivity contribution in [2.45, 2.75) is 32.0 Å². The van der Waals surface area contributed by atoms with E-state index in [2.05, 4.69) is 17.5 Å². The fourth-order valence-corrected chi connectivity index (χ4v) is 2.36. The summed E-state index contributed by atoms with van der Waals surface area (Å²) in [5.74, 6) is 1.21. The number of nitrogens with one attached hydrogen (secondary N) is 1. The molecule has 0 bridgehead atoms. The molecule has 1 fully saturated rings. The van der Waals surface area contributed by atoms with Crippen LogP contribution < -0.4 is 10.1 Å². The molecule has 3 rings (SSSR count).